The third-order valence-corrected chi connectivity index (χ3v) is 2.43. The quantitative estimate of drug-likeness (QED) is 0.329. The molecule has 0 spiro atoms. The van der Waals surface area contributed by atoms with Gasteiger partial charge in [0.15, 0.2) is 0 Å². The fourth-order valence-electron chi connectivity index (χ4n) is 1.47. The highest BCUT2D eigenvalue weighted by atomic mass is 13.9. The van der Waals surface area contributed by atoms with Crippen molar-refractivity contribution in [1.29, 1.82) is 0 Å². The zero-order valence-electron chi connectivity index (χ0n) is 10.4. The molecule has 0 heteroatoms. The number of rotatable bonds is 10. The van der Waals surface area contributed by atoms with E-state index in [2.05, 4.69) is 38.2 Å². The van der Waals surface area contributed by atoms with E-state index in [0.717, 1.165) is 12.8 Å². The summed E-state index contributed by atoms with van der Waals surface area (Å²) in [7, 11) is 0. The van der Waals surface area contributed by atoms with Gasteiger partial charge < -0.3 is 0 Å². The summed E-state index contributed by atoms with van der Waals surface area (Å²) in [5.41, 5.74) is 0. The zero-order chi connectivity index (χ0) is 11.2. The van der Waals surface area contributed by atoms with Crippen LogP contribution >= 0.6 is 0 Å². The van der Waals surface area contributed by atoms with Crippen LogP contribution in [0.3, 0.4) is 0 Å². The minimum Gasteiger partial charge on any atom is -0.0882 e. The van der Waals surface area contributed by atoms with Gasteiger partial charge in [0.05, 0.1) is 0 Å². The van der Waals surface area contributed by atoms with Gasteiger partial charge in [-0.2, -0.15) is 0 Å². The van der Waals surface area contributed by atoms with Gasteiger partial charge in [-0.05, 0) is 25.7 Å². The van der Waals surface area contributed by atoms with E-state index < -0.39 is 0 Å². The van der Waals surface area contributed by atoms with Gasteiger partial charge in [0.25, 0.3) is 0 Å². The third kappa shape index (κ3) is 13.5. The second-order valence-electron chi connectivity index (χ2n) is 4.02. The van der Waals surface area contributed by atoms with Crippen LogP contribution in [0.15, 0.2) is 24.3 Å². The summed E-state index contributed by atoms with van der Waals surface area (Å²) in [5, 5.41) is 0. The van der Waals surface area contributed by atoms with E-state index in [1.165, 1.54) is 44.9 Å². The van der Waals surface area contributed by atoms with Crippen LogP contribution in [-0.4, -0.2) is 0 Å². The molecule has 0 amide bonds. The lowest BCUT2D eigenvalue weighted by atomic mass is 10.1. The smallest absolute Gasteiger partial charge is 0.0169 e. The largest absolute Gasteiger partial charge is 0.0882 e. The number of unbranched alkanes of at least 4 members (excludes halogenated alkanes) is 6. The molecule has 0 saturated carbocycles. The Hall–Kier alpha value is -0.520. The van der Waals surface area contributed by atoms with E-state index in [1.807, 2.05) is 0 Å². The molecule has 0 aromatic heterocycles. The van der Waals surface area contributed by atoms with Crippen molar-refractivity contribution in [3.05, 3.63) is 31.2 Å². The summed E-state index contributed by atoms with van der Waals surface area (Å²) in [4.78, 5) is 0. The molecular weight excluding hydrogens is 180 g/mol. The second-order valence-corrected chi connectivity index (χ2v) is 4.02. The van der Waals surface area contributed by atoms with Gasteiger partial charge in [-0.1, -0.05) is 70.3 Å². The van der Waals surface area contributed by atoms with Crippen LogP contribution in [0.4, 0.5) is 0 Å². The first kappa shape index (κ1) is 14.5. The van der Waals surface area contributed by atoms with E-state index >= 15 is 0 Å². The lowest BCUT2D eigenvalue weighted by molar-refractivity contribution is 0.651. The summed E-state index contributed by atoms with van der Waals surface area (Å²) in [6, 6.07) is 0. The lowest BCUT2D eigenvalue weighted by Gasteiger charge is -1.95. The maximum atomic E-state index is 3.85. The highest BCUT2D eigenvalue weighted by Gasteiger charge is 1.85. The summed E-state index contributed by atoms with van der Waals surface area (Å²) in [5.74, 6) is 0. The first-order valence-corrected chi connectivity index (χ1v) is 6.51. The molecule has 0 N–H and O–H groups in total. The molecule has 1 radical (unpaired) electrons. The molecule has 87 valence electrons. The fraction of sp³-hybridized carbons (Fsp3) is 0.667. The SMILES string of the molecule is [CH2]CCCCCC/C=C/C/C=C/CCC. The van der Waals surface area contributed by atoms with E-state index in [1.54, 1.807) is 0 Å². The molecule has 0 aliphatic heterocycles. The monoisotopic (exact) mass is 207 g/mol. The Morgan fingerprint density at radius 2 is 1.47 bits per heavy atom. The van der Waals surface area contributed by atoms with Crippen LogP contribution in [0.2, 0.25) is 0 Å². The van der Waals surface area contributed by atoms with E-state index in [-0.39, 0.29) is 0 Å². The van der Waals surface area contributed by atoms with E-state index in [0.29, 0.717) is 0 Å². The van der Waals surface area contributed by atoms with Gasteiger partial charge in [-0.25, -0.2) is 0 Å². The van der Waals surface area contributed by atoms with Gasteiger partial charge >= 0.3 is 0 Å². The van der Waals surface area contributed by atoms with Crippen LogP contribution < -0.4 is 0 Å². The first-order chi connectivity index (χ1) is 7.41. The van der Waals surface area contributed by atoms with Crippen molar-refractivity contribution in [3.8, 4) is 0 Å². The Balaban J connectivity index is 3.10. The summed E-state index contributed by atoms with van der Waals surface area (Å²) < 4.78 is 0. The Morgan fingerprint density at radius 1 is 0.800 bits per heavy atom. The molecule has 0 nitrogen and oxygen atoms in total. The molecule has 0 bridgehead atoms. The van der Waals surface area contributed by atoms with Crippen molar-refractivity contribution in [2.75, 3.05) is 0 Å². The van der Waals surface area contributed by atoms with Gasteiger partial charge in [-0.3, -0.25) is 0 Å². The topological polar surface area (TPSA) is 0 Å². The predicted molar refractivity (Wildman–Crippen MR) is 70.9 cm³/mol. The number of hydrogen-bond acceptors (Lipinski definition) is 0. The summed E-state index contributed by atoms with van der Waals surface area (Å²) >= 11 is 0. The fourth-order valence-corrected chi connectivity index (χ4v) is 1.47. The average Bonchev–Trinajstić information content (AvgIpc) is 2.26. The molecular formula is C15H27. The van der Waals surface area contributed by atoms with Crippen molar-refractivity contribution < 1.29 is 0 Å². The minimum absolute atomic E-state index is 1.10. The normalized spacial score (nSPS) is 11.9. The molecule has 0 saturated heterocycles. The predicted octanol–water partition coefficient (Wildman–Crippen LogP) is 5.46. The third-order valence-electron chi connectivity index (χ3n) is 2.43. The maximum Gasteiger partial charge on any atom is -0.0169 e. The summed E-state index contributed by atoms with van der Waals surface area (Å²) in [6.45, 7) is 6.06. The molecule has 0 atom stereocenters. The van der Waals surface area contributed by atoms with Crippen LogP contribution in [-0.2, 0) is 0 Å². The van der Waals surface area contributed by atoms with Crippen LogP contribution in [0.1, 0.15) is 64.7 Å². The number of allylic oxidation sites excluding steroid dienone is 4. The molecule has 0 rings (SSSR count). The molecule has 0 fully saturated rings. The standard InChI is InChI=1S/C15H27/c1-3-5-7-9-11-13-15-14-12-10-8-6-4-2/h8,10,14-15H,1,3-7,9,11-13H2,2H3/b10-8+,15-14+. The second kappa shape index (κ2) is 13.5. The summed E-state index contributed by atoms with van der Waals surface area (Å²) in [6.07, 6.45) is 20.4. The number of hydrogen-bond donors (Lipinski definition) is 0. The molecule has 0 aromatic rings. The zero-order valence-corrected chi connectivity index (χ0v) is 10.4. The van der Waals surface area contributed by atoms with Gasteiger partial charge in [-0.15, -0.1) is 0 Å². The average molecular weight is 207 g/mol. The van der Waals surface area contributed by atoms with Crippen molar-refractivity contribution in [2.24, 2.45) is 0 Å². The Morgan fingerprint density at radius 3 is 2.13 bits per heavy atom. The van der Waals surface area contributed by atoms with Crippen molar-refractivity contribution in [3.63, 3.8) is 0 Å². The van der Waals surface area contributed by atoms with Crippen molar-refractivity contribution in [1.82, 2.24) is 0 Å². The molecule has 0 heterocycles. The van der Waals surface area contributed by atoms with Crippen molar-refractivity contribution >= 4 is 0 Å². The van der Waals surface area contributed by atoms with Crippen LogP contribution in [0.5, 0.6) is 0 Å². The molecule has 0 aliphatic carbocycles. The molecule has 0 unspecified atom stereocenters. The first-order valence-electron chi connectivity index (χ1n) is 6.51. The van der Waals surface area contributed by atoms with Crippen molar-refractivity contribution in [2.45, 2.75) is 64.7 Å². The Kier molecular flexibility index (Phi) is 13.0. The molecule has 0 aromatic carbocycles. The van der Waals surface area contributed by atoms with Crippen LogP contribution in [0.25, 0.3) is 0 Å². The minimum atomic E-state index is 1.10. The molecule has 15 heavy (non-hydrogen) atoms. The maximum absolute atomic E-state index is 3.85. The van der Waals surface area contributed by atoms with Gasteiger partial charge in [0, 0.05) is 0 Å². The van der Waals surface area contributed by atoms with Gasteiger partial charge in [0.1, 0.15) is 0 Å². The van der Waals surface area contributed by atoms with E-state index in [9.17, 15) is 0 Å². The van der Waals surface area contributed by atoms with E-state index in [4.69, 9.17) is 0 Å². The Bertz CT molecular complexity index is 153. The lowest BCUT2D eigenvalue weighted by Crippen LogP contribution is -1.75. The highest BCUT2D eigenvalue weighted by molar-refractivity contribution is 4.92. The highest BCUT2D eigenvalue weighted by Crippen LogP contribution is 2.05. The van der Waals surface area contributed by atoms with Gasteiger partial charge in [0.2, 0.25) is 0 Å². The molecule has 0 aliphatic rings. The Labute approximate surface area is 96.5 Å². The van der Waals surface area contributed by atoms with Crippen LogP contribution in [0, 0.1) is 6.92 Å².